The molecule has 10 nitrogen and oxygen atoms in total. The van der Waals surface area contributed by atoms with Crippen LogP contribution in [0.5, 0.6) is 17.2 Å². The molecule has 4 rings (SSSR count). The van der Waals surface area contributed by atoms with Crippen LogP contribution in [0, 0.1) is 0 Å². The number of pyridine rings is 1. The minimum atomic E-state index is -0.539. The van der Waals surface area contributed by atoms with Gasteiger partial charge in [-0.1, -0.05) is 6.92 Å². The van der Waals surface area contributed by atoms with Crippen LogP contribution in [0.1, 0.15) is 13.3 Å². The Hall–Kier alpha value is -3.86. The Kier molecular flexibility index (Phi) is 6.55. The Labute approximate surface area is 198 Å². The fourth-order valence-electron chi connectivity index (χ4n) is 3.85. The van der Waals surface area contributed by atoms with E-state index >= 15 is 0 Å². The molecule has 0 radical (unpaired) electrons. The molecular weight excluding hydrogens is 460 g/mol. The van der Waals surface area contributed by atoms with Crippen molar-refractivity contribution in [1.29, 1.82) is 0 Å². The summed E-state index contributed by atoms with van der Waals surface area (Å²) >= 11 is 1.21. The first-order valence-corrected chi connectivity index (χ1v) is 11.4. The van der Waals surface area contributed by atoms with Crippen molar-refractivity contribution >= 4 is 43.4 Å². The summed E-state index contributed by atoms with van der Waals surface area (Å²) in [5.41, 5.74) is -0.0907. The number of rotatable bonds is 8. The van der Waals surface area contributed by atoms with Crippen LogP contribution in [-0.2, 0) is 17.9 Å². The summed E-state index contributed by atoms with van der Waals surface area (Å²) in [5, 5.41) is 3.43. The van der Waals surface area contributed by atoms with E-state index in [4.69, 9.17) is 14.2 Å². The maximum absolute atomic E-state index is 13.3. The van der Waals surface area contributed by atoms with Gasteiger partial charge in [-0.05, 0) is 18.6 Å². The summed E-state index contributed by atoms with van der Waals surface area (Å²) in [6, 6.07) is 6.72. The molecule has 0 unspecified atom stereocenters. The minimum Gasteiger partial charge on any atom is -0.493 e. The number of benzene rings is 1. The Balaban J connectivity index is 1.80. The molecule has 3 aromatic heterocycles. The number of carbonyl (C=O) groups is 1. The van der Waals surface area contributed by atoms with Crippen LogP contribution in [0.4, 0.5) is 5.69 Å². The molecule has 0 aliphatic carbocycles. The molecule has 4 aromatic rings. The number of nitrogens with zero attached hydrogens (tertiary/aromatic N) is 3. The van der Waals surface area contributed by atoms with Gasteiger partial charge in [-0.2, -0.15) is 0 Å². The Morgan fingerprint density at radius 1 is 1.09 bits per heavy atom. The number of ether oxygens (including phenoxy) is 3. The van der Waals surface area contributed by atoms with Gasteiger partial charge < -0.3 is 19.5 Å². The molecule has 3 heterocycles. The summed E-state index contributed by atoms with van der Waals surface area (Å²) in [6.07, 6.45) is 2.23. The van der Waals surface area contributed by atoms with E-state index in [1.807, 2.05) is 6.92 Å². The standard InChI is InChI=1S/C23H24N4O6S/c1-5-9-26-22(29)20-18(14-7-6-8-24-21(14)34-20)27(23(26)30)12-17(28)25-13-10-15(31-2)19(33-4)16(11-13)32-3/h6-8,10-11H,5,9,12H2,1-4H3,(H,25,28). The highest BCUT2D eigenvalue weighted by atomic mass is 32.1. The molecule has 1 aromatic carbocycles. The maximum atomic E-state index is 13.3. The lowest BCUT2D eigenvalue weighted by Gasteiger charge is -2.15. The lowest BCUT2D eigenvalue weighted by atomic mass is 10.2. The SMILES string of the molecule is CCCn1c(=O)c2sc3ncccc3c2n(CC(=O)Nc2cc(OC)c(OC)c(OC)c2)c1=O. The monoisotopic (exact) mass is 484 g/mol. The number of thiophene rings is 1. The number of methoxy groups -OCH3 is 3. The van der Waals surface area contributed by atoms with Gasteiger partial charge in [-0.25, -0.2) is 9.78 Å². The van der Waals surface area contributed by atoms with Gasteiger partial charge in [0.25, 0.3) is 5.56 Å². The molecule has 11 heteroatoms. The van der Waals surface area contributed by atoms with E-state index in [9.17, 15) is 14.4 Å². The van der Waals surface area contributed by atoms with Crippen molar-refractivity contribution in [3.05, 3.63) is 51.3 Å². The van der Waals surface area contributed by atoms with Crippen molar-refractivity contribution in [3.63, 3.8) is 0 Å². The summed E-state index contributed by atoms with van der Waals surface area (Å²) < 4.78 is 18.9. The molecule has 0 aliphatic heterocycles. The molecule has 1 N–H and O–H groups in total. The number of hydrogen-bond acceptors (Lipinski definition) is 8. The predicted molar refractivity (Wildman–Crippen MR) is 131 cm³/mol. The van der Waals surface area contributed by atoms with Gasteiger partial charge in [-0.3, -0.25) is 18.7 Å². The number of carbonyl (C=O) groups excluding carboxylic acids is 1. The van der Waals surface area contributed by atoms with Crippen molar-refractivity contribution < 1.29 is 19.0 Å². The van der Waals surface area contributed by atoms with Crippen LogP contribution in [-0.4, -0.2) is 41.4 Å². The quantitative estimate of drug-likeness (QED) is 0.409. The molecule has 0 aliphatic rings. The second-order valence-electron chi connectivity index (χ2n) is 7.42. The Bertz CT molecular complexity index is 1480. The van der Waals surface area contributed by atoms with Gasteiger partial charge in [0.15, 0.2) is 11.5 Å². The zero-order valence-corrected chi connectivity index (χ0v) is 20.0. The van der Waals surface area contributed by atoms with Crippen LogP contribution in [0.25, 0.3) is 20.4 Å². The molecule has 0 saturated heterocycles. The minimum absolute atomic E-state index is 0.254. The van der Waals surface area contributed by atoms with Gasteiger partial charge >= 0.3 is 5.69 Å². The van der Waals surface area contributed by atoms with Gasteiger partial charge in [0.2, 0.25) is 11.7 Å². The van der Waals surface area contributed by atoms with Crippen LogP contribution >= 0.6 is 11.3 Å². The number of anilines is 1. The first-order valence-electron chi connectivity index (χ1n) is 10.5. The highest BCUT2D eigenvalue weighted by Crippen LogP contribution is 2.40. The highest BCUT2D eigenvalue weighted by Gasteiger charge is 2.21. The molecule has 34 heavy (non-hydrogen) atoms. The first-order chi connectivity index (χ1) is 16.4. The van der Waals surface area contributed by atoms with E-state index in [-0.39, 0.29) is 18.6 Å². The van der Waals surface area contributed by atoms with E-state index < -0.39 is 11.6 Å². The molecule has 0 fully saturated rings. The lowest BCUT2D eigenvalue weighted by molar-refractivity contribution is -0.116. The summed E-state index contributed by atoms with van der Waals surface area (Å²) in [7, 11) is 4.44. The molecule has 1 amide bonds. The van der Waals surface area contributed by atoms with Crippen molar-refractivity contribution in [3.8, 4) is 17.2 Å². The van der Waals surface area contributed by atoms with Crippen molar-refractivity contribution in [2.24, 2.45) is 0 Å². The third-order valence-electron chi connectivity index (χ3n) is 5.31. The number of nitrogens with one attached hydrogen (secondary N) is 1. The highest BCUT2D eigenvalue weighted by molar-refractivity contribution is 7.25. The predicted octanol–water partition coefficient (Wildman–Crippen LogP) is 2.85. The number of hydrogen-bond donors (Lipinski definition) is 1. The van der Waals surface area contributed by atoms with Crippen molar-refractivity contribution in [1.82, 2.24) is 14.1 Å². The Morgan fingerprint density at radius 3 is 2.41 bits per heavy atom. The normalized spacial score (nSPS) is 11.1. The first kappa shape index (κ1) is 23.3. The van der Waals surface area contributed by atoms with E-state index in [1.54, 1.807) is 30.5 Å². The van der Waals surface area contributed by atoms with Gasteiger partial charge in [0, 0.05) is 35.9 Å². The van der Waals surface area contributed by atoms with Crippen LogP contribution in [0.3, 0.4) is 0 Å². The maximum Gasteiger partial charge on any atom is 0.332 e. The molecular formula is C23H24N4O6S. The topological polar surface area (TPSA) is 114 Å². The van der Waals surface area contributed by atoms with Gasteiger partial charge in [-0.15, -0.1) is 11.3 Å². The average Bonchev–Trinajstić information content (AvgIpc) is 3.23. The second-order valence-corrected chi connectivity index (χ2v) is 8.42. The van der Waals surface area contributed by atoms with Crippen LogP contribution in [0.15, 0.2) is 40.1 Å². The van der Waals surface area contributed by atoms with Crippen LogP contribution in [0.2, 0.25) is 0 Å². The van der Waals surface area contributed by atoms with Crippen LogP contribution < -0.4 is 30.8 Å². The summed E-state index contributed by atoms with van der Waals surface area (Å²) in [4.78, 5) is 44.3. The largest absolute Gasteiger partial charge is 0.493 e. The Morgan fingerprint density at radius 2 is 1.79 bits per heavy atom. The fourth-order valence-corrected chi connectivity index (χ4v) is 4.94. The number of aromatic nitrogens is 3. The lowest BCUT2D eigenvalue weighted by Crippen LogP contribution is -2.41. The molecule has 0 spiro atoms. The zero-order chi connectivity index (χ0) is 24.4. The molecule has 0 saturated carbocycles. The molecule has 178 valence electrons. The molecule has 0 atom stereocenters. The van der Waals surface area contributed by atoms with E-state index in [0.717, 1.165) is 0 Å². The third kappa shape index (κ3) is 3.98. The average molecular weight is 485 g/mol. The summed E-state index contributed by atoms with van der Waals surface area (Å²) in [5.74, 6) is 0.693. The smallest absolute Gasteiger partial charge is 0.332 e. The summed E-state index contributed by atoms with van der Waals surface area (Å²) in [6.45, 7) is 1.84. The zero-order valence-electron chi connectivity index (χ0n) is 19.2. The van der Waals surface area contributed by atoms with E-state index in [1.165, 1.54) is 41.8 Å². The van der Waals surface area contributed by atoms with Crippen molar-refractivity contribution in [2.75, 3.05) is 26.6 Å². The second kappa shape index (κ2) is 9.56. The number of amides is 1. The van der Waals surface area contributed by atoms with Crippen molar-refractivity contribution in [2.45, 2.75) is 26.4 Å². The van der Waals surface area contributed by atoms with E-state index in [2.05, 4.69) is 10.3 Å². The van der Waals surface area contributed by atoms with Gasteiger partial charge in [0.05, 0.1) is 26.8 Å². The van der Waals surface area contributed by atoms with Gasteiger partial charge in [0.1, 0.15) is 16.1 Å². The molecule has 0 bridgehead atoms. The number of fused-ring (bicyclic) bond motifs is 3. The van der Waals surface area contributed by atoms with E-state index in [0.29, 0.717) is 49.8 Å². The fraction of sp³-hybridized carbons (Fsp3) is 0.304. The third-order valence-corrected chi connectivity index (χ3v) is 6.40.